The molecule has 3 heteroatoms. The summed E-state index contributed by atoms with van der Waals surface area (Å²) in [6.45, 7) is -0.0418. The third kappa shape index (κ3) is 4.35. The Labute approximate surface area is 115 Å². The number of amides is 1. The van der Waals surface area contributed by atoms with Crippen molar-refractivity contribution >= 4 is 11.6 Å². The number of anilines is 1. The van der Waals surface area contributed by atoms with Gasteiger partial charge in [-0.05, 0) is 24.8 Å². The summed E-state index contributed by atoms with van der Waals surface area (Å²) in [6, 6.07) is 7.42. The lowest BCUT2D eigenvalue weighted by Crippen LogP contribution is -2.17. The molecule has 0 unspecified atom stereocenters. The van der Waals surface area contributed by atoms with Crippen LogP contribution in [0.5, 0.6) is 0 Å². The minimum absolute atomic E-state index is 0.0418. The fraction of sp³-hybridized carbons (Fsp3) is 0.562. The van der Waals surface area contributed by atoms with Gasteiger partial charge in [0, 0.05) is 17.7 Å². The van der Waals surface area contributed by atoms with Gasteiger partial charge in [-0.2, -0.15) is 0 Å². The number of hydrogen-bond acceptors (Lipinski definition) is 2. The Morgan fingerprint density at radius 3 is 2.53 bits per heavy atom. The van der Waals surface area contributed by atoms with Crippen molar-refractivity contribution in [3.63, 3.8) is 0 Å². The van der Waals surface area contributed by atoms with Crippen molar-refractivity contribution in [3.8, 4) is 0 Å². The standard InChI is InChI=1S/C16H23NO2/c18-12-14-9-5-6-10-15(14)17-16(19)11-13-7-3-1-2-4-8-13/h5-6,9-10,13,18H,1-4,7-8,11-12H2,(H,17,19). The van der Waals surface area contributed by atoms with Crippen molar-refractivity contribution in [1.29, 1.82) is 0 Å². The fourth-order valence-electron chi connectivity index (χ4n) is 2.81. The molecule has 1 aliphatic carbocycles. The highest BCUT2D eigenvalue weighted by molar-refractivity contribution is 5.91. The molecule has 1 fully saturated rings. The summed E-state index contributed by atoms with van der Waals surface area (Å²) in [7, 11) is 0. The van der Waals surface area contributed by atoms with E-state index in [1.165, 1.54) is 38.5 Å². The van der Waals surface area contributed by atoms with Crippen LogP contribution < -0.4 is 5.32 Å². The summed E-state index contributed by atoms with van der Waals surface area (Å²) >= 11 is 0. The van der Waals surface area contributed by atoms with Crippen molar-refractivity contribution in [1.82, 2.24) is 0 Å². The number of carbonyl (C=O) groups is 1. The molecule has 19 heavy (non-hydrogen) atoms. The molecule has 0 bridgehead atoms. The van der Waals surface area contributed by atoms with Crippen LogP contribution in [0.2, 0.25) is 0 Å². The van der Waals surface area contributed by atoms with Gasteiger partial charge in [-0.3, -0.25) is 4.79 Å². The summed E-state index contributed by atoms with van der Waals surface area (Å²) < 4.78 is 0. The predicted octanol–water partition coefficient (Wildman–Crippen LogP) is 3.48. The van der Waals surface area contributed by atoms with Crippen LogP contribution in [-0.4, -0.2) is 11.0 Å². The molecule has 0 radical (unpaired) electrons. The maximum absolute atomic E-state index is 12.1. The maximum Gasteiger partial charge on any atom is 0.224 e. The second kappa shape index (κ2) is 7.29. The van der Waals surface area contributed by atoms with Crippen LogP contribution in [0.15, 0.2) is 24.3 Å². The highest BCUT2D eigenvalue weighted by Crippen LogP contribution is 2.26. The smallest absolute Gasteiger partial charge is 0.224 e. The molecular weight excluding hydrogens is 238 g/mol. The van der Waals surface area contributed by atoms with Gasteiger partial charge in [-0.1, -0.05) is 43.9 Å². The molecule has 0 heterocycles. The zero-order valence-electron chi connectivity index (χ0n) is 11.4. The summed E-state index contributed by atoms with van der Waals surface area (Å²) in [4.78, 5) is 12.1. The molecule has 1 aliphatic rings. The molecule has 0 aliphatic heterocycles. The number of nitrogens with one attached hydrogen (secondary N) is 1. The van der Waals surface area contributed by atoms with Crippen LogP contribution in [0.3, 0.4) is 0 Å². The van der Waals surface area contributed by atoms with E-state index >= 15 is 0 Å². The van der Waals surface area contributed by atoms with E-state index in [4.69, 9.17) is 0 Å². The highest BCUT2D eigenvalue weighted by atomic mass is 16.3. The molecule has 0 saturated heterocycles. The molecule has 0 spiro atoms. The molecule has 3 nitrogen and oxygen atoms in total. The topological polar surface area (TPSA) is 49.3 Å². The average Bonchev–Trinajstić information content (AvgIpc) is 2.68. The minimum atomic E-state index is -0.0418. The second-order valence-corrected chi connectivity index (χ2v) is 5.43. The van der Waals surface area contributed by atoms with Gasteiger partial charge in [0.15, 0.2) is 0 Å². The highest BCUT2D eigenvalue weighted by Gasteiger charge is 2.16. The maximum atomic E-state index is 12.1. The van der Waals surface area contributed by atoms with Gasteiger partial charge in [-0.25, -0.2) is 0 Å². The van der Waals surface area contributed by atoms with E-state index in [1.807, 2.05) is 24.3 Å². The number of benzene rings is 1. The van der Waals surface area contributed by atoms with Gasteiger partial charge in [-0.15, -0.1) is 0 Å². The first kappa shape index (κ1) is 14.1. The van der Waals surface area contributed by atoms with Crippen LogP contribution in [0.1, 0.15) is 50.5 Å². The first-order valence-corrected chi connectivity index (χ1v) is 7.28. The average molecular weight is 261 g/mol. The minimum Gasteiger partial charge on any atom is -0.392 e. The SMILES string of the molecule is O=C(CC1CCCCCC1)Nc1ccccc1CO. The van der Waals surface area contributed by atoms with E-state index in [2.05, 4.69) is 5.32 Å². The zero-order valence-corrected chi connectivity index (χ0v) is 11.4. The fourth-order valence-corrected chi connectivity index (χ4v) is 2.81. The van der Waals surface area contributed by atoms with Gasteiger partial charge in [0.2, 0.25) is 5.91 Å². The Bertz CT molecular complexity index is 409. The van der Waals surface area contributed by atoms with Gasteiger partial charge in [0.05, 0.1) is 6.61 Å². The lowest BCUT2D eigenvalue weighted by atomic mass is 9.96. The monoisotopic (exact) mass is 261 g/mol. The number of aliphatic hydroxyl groups is 1. The molecule has 2 rings (SSSR count). The van der Waals surface area contributed by atoms with E-state index in [0.717, 1.165) is 11.3 Å². The molecule has 1 amide bonds. The van der Waals surface area contributed by atoms with Crippen LogP contribution in [0.4, 0.5) is 5.69 Å². The van der Waals surface area contributed by atoms with Crippen molar-refractivity contribution in [3.05, 3.63) is 29.8 Å². The summed E-state index contributed by atoms with van der Waals surface area (Å²) in [5.41, 5.74) is 1.51. The number of carbonyl (C=O) groups excluding carboxylic acids is 1. The number of rotatable bonds is 4. The largest absolute Gasteiger partial charge is 0.392 e. The van der Waals surface area contributed by atoms with Crippen LogP contribution in [0.25, 0.3) is 0 Å². The third-order valence-electron chi connectivity index (χ3n) is 3.91. The molecular formula is C16H23NO2. The van der Waals surface area contributed by atoms with E-state index in [9.17, 15) is 9.90 Å². The molecule has 0 aromatic heterocycles. The van der Waals surface area contributed by atoms with E-state index in [-0.39, 0.29) is 12.5 Å². The number of para-hydroxylation sites is 1. The Balaban J connectivity index is 1.89. The Hall–Kier alpha value is -1.35. The quantitative estimate of drug-likeness (QED) is 0.815. The van der Waals surface area contributed by atoms with Gasteiger partial charge >= 0.3 is 0 Å². The van der Waals surface area contributed by atoms with Crippen molar-refractivity contribution in [2.45, 2.75) is 51.6 Å². The molecule has 1 aromatic rings. The normalized spacial score (nSPS) is 16.9. The predicted molar refractivity (Wildman–Crippen MR) is 76.8 cm³/mol. The summed E-state index contributed by atoms with van der Waals surface area (Å²) in [6.07, 6.45) is 8.09. The van der Waals surface area contributed by atoms with Crippen molar-refractivity contribution in [2.75, 3.05) is 5.32 Å². The third-order valence-corrected chi connectivity index (χ3v) is 3.91. The molecule has 1 aromatic carbocycles. The van der Waals surface area contributed by atoms with Crippen LogP contribution in [0, 0.1) is 5.92 Å². The lowest BCUT2D eigenvalue weighted by molar-refractivity contribution is -0.117. The lowest BCUT2D eigenvalue weighted by Gasteiger charge is -2.14. The zero-order chi connectivity index (χ0) is 13.5. The van der Waals surface area contributed by atoms with E-state index in [1.54, 1.807) is 0 Å². The Kier molecular flexibility index (Phi) is 5.40. The second-order valence-electron chi connectivity index (χ2n) is 5.43. The Morgan fingerprint density at radius 1 is 1.16 bits per heavy atom. The van der Waals surface area contributed by atoms with Gasteiger partial charge < -0.3 is 10.4 Å². The van der Waals surface area contributed by atoms with Crippen molar-refractivity contribution < 1.29 is 9.90 Å². The van der Waals surface area contributed by atoms with Crippen LogP contribution in [-0.2, 0) is 11.4 Å². The van der Waals surface area contributed by atoms with E-state index < -0.39 is 0 Å². The van der Waals surface area contributed by atoms with E-state index in [0.29, 0.717) is 12.3 Å². The van der Waals surface area contributed by atoms with Crippen molar-refractivity contribution in [2.24, 2.45) is 5.92 Å². The first-order chi connectivity index (χ1) is 9.29. The summed E-state index contributed by atoms with van der Waals surface area (Å²) in [5, 5.41) is 12.2. The van der Waals surface area contributed by atoms with Crippen LogP contribution >= 0.6 is 0 Å². The number of aliphatic hydroxyl groups excluding tert-OH is 1. The molecule has 0 atom stereocenters. The Morgan fingerprint density at radius 2 is 1.84 bits per heavy atom. The van der Waals surface area contributed by atoms with Gasteiger partial charge in [0.25, 0.3) is 0 Å². The first-order valence-electron chi connectivity index (χ1n) is 7.28. The molecule has 104 valence electrons. The summed E-state index contributed by atoms with van der Waals surface area (Å²) in [5.74, 6) is 0.608. The van der Waals surface area contributed by atoms with Gasteiger partial charge in [0.1, 0.15) is 0 Å². The molecule has 2 N–H and O–H groups in total. The number of hydrogen-bond donors (Lipinski definition) is 2. The molecule has 1 saturated carbocycles.